The zero-order valence-electron chi connectivity index (χ0n) is 11.1. The number of aromatic hydroxyl groups is 1. The quantitative estimate of drug-likeness (QED) is 0.796. The molecule has 0 spiro atoms. The Kier molecular flexibility index (Phi) is 3.01. The van der Waals surface area contributed by atoms with E-state index in [1.54, 1.807) is 12.1 Å². The molecule has 0 aliphatic carbocycles. The number of hydrogen-bond acceptors (Lipinski definition) is 5. The van der Waals surface area contributed by atoms with Crippen LogP contribution < -0.4 is 10.0 Å². The van der Waals surface area contributed by atoms with Gasteiger partial charge in [0.05, 0.1) is 21.7 Å². The maximum absolute atomic E-state index is 12.3. The van der Waals surface area contributed by atoms with Gasteiger partial charge in [-0.05, 0) is 24.3 Å². The summed E-state index contributed by atoms with van der Waals surface area (Å²) in [6, 6.07) is 9.44. The van der Waals surface area contributed by atoms with E-state index in [1.807, 2.05) is 0 Å². The van der Waals surface area contributed by atoms with Crippen molar-refractivity contribution in [2.45, 2.75) is 4.90 Å². The summed E-state index contributed by atoms with van der Waals surface area (Å²) in [4.78, 5) is 25.1. The highest BCUT2D eigenvalue weighted by Crippen LogP contribution is 2.35. The highest BCUT2D eigenvalue weighted by atomic mass is 32.2. The van der Waals surface area contributed by atoms with E-state index in [-0.39, 0.29) is 21.7 Å². The van der Waals surface area contributed by atoms with Crippen LogP contribution in [0.4, 0.5) is 5.69 Å². The minimum atomic E-state index is -3.99. The molecular weight excluding hydrogens is 308 g/mol. The molecule has 3 N–H and O–H groups in total. The van der Waals surface area contributed by atoms with Crippen molar-refractivity contribution < 1.29 is 23.1 Å². The van der Waals surface area contributed by atoms with Crippen molar-refractivity contribution in [2.24, 2.45) is 5.14 Å². The van der Waals surface area contributed by atoms with Crippen LogP contribution >= 0.6 is 0 Å². The van der Waals surface area contributed by atoms with Crippen LogP contribution in [0.1, 0.15) is 20.7 Å². The molecule has 1 aliphatic rings. The second-order valence-electron chi connectivity index (χ2n) is 4.69. The molecule has 1 aliphatic heterocycles. The fourth-order valence-corrected chi connectivity index (χ4v) is 2.81. The number of sulfonamides is 1. The summed E-state index contributed by atoms with van der Waals surface area (Å²) >= 11 is 0. The Hall–Kier alpha value is -2.71. The molecule has 22 heavy (non-hydrogen) atoms. The summed E-state index contributed by atoms with van der Waals surface area (Å²) in [6.45, 7) is 0. The second kappa shape index (κ2) is 4.65. The first-order valence-corrected chi connectivity index (χ1v) is 7.69. The molecular formula is C14H10N2O5S. The average molecular weight is 318 g/mol. The predicted molar refractivity (Wildman–Crippen MR) is 77.1 cm³/mol. The summed E-state index contributed by atoms with van der Waals surface area (Å²) in [5.74, 6) is -1.69. The molecule has 112 valence electrons. The Morgan fingerprint density at radius 1 is 0.955 bits per heavy atom. The lowest BCUT2D eigenvalue weighted by molar-refractivity contribution is 0.0925. The molecule has 2 amide bonds. The summed E-state index contributed by atoms with van der Waals surface area (Å²) in [5.41, 5.74) is 0.350. The number of hydrogen-bond donors (Lipinski definition) is 2. The van der Waals surface area contributed by atoms with E-state index in [9.17, 15) is 23.1 Å². The molecule has 8 heteroatoms. The van der Waals surface area contributed by atoms with E-state index in [0.29, 0.717) is 0 Å². The van der Waals surface area contributed by atoms with Gasteiger partial charge in [0.25, 0.3) is 11.8 Å². The Balaban J connectivity index is 2.11. The van der Waals surface area contributed by atoms with Gasteiger partial charge in [-0.1, -0.05) is 12.1 Å². The van der Waals surface area contributed by atoms with Gasteiger partial charge in [0.2, 0.25) is 10.0 Å². The van der Waals surface area contributed by atoms with Gasteiger partial charge in [0.1, 0.15) is 5.75 Å². The van der Waals surface area contributed by atoms with E-state index in [1.165, 1.54) is 12.1 Å². The molecule has 0 radical (unpaired) electrons. The van der Waals surface area contributed by atoms with Gasteiger partial charge < -0.3 is 5.11 Å². The molecule has 0 saturated carbocycles. The number of carbonyl (C=O) groups excluding carboxylic acids is 2. The average Bonchev–Trinajstić information content (AvgIpc) is 2.71. The van der Waals surface area contributed by atoms with Crippen LogP contribution in [0.25, 0.3) is 0 Å². The molecule has 2 aromatic rings. The molecule has 1 heterocycles. The number of phenols is 1. The lowest BCUT2D eigenvalue weighted by Crippen LogP contribution is -2.29. The molecule has 0 aromatic heterocycles. The first-order chi connectivity index (χ1) is 10.3. The molecule has 3 rings (SSSR count). The Labute approximate surface area is 125 Å². The Morgan fingerprint density at radius 2 is 1.50 bits per heavy atom. The number of nitrogens with two attached hydrogens (primary N) is 1. The number of amides is 2. The Morgan fingerprint density at radius 3 is 1.95 bits per heavy atom. The van der Waals surface area contributed by atoms with Crippen LogP contribution in [0.15, 0.2) is 47.4 Å². The van der Waals surface area contributed by atoms with Crippen molar-refractivity contribution in [3.63, 3.8) is 0 Å². The van der Waals surface area contributed by atoms with Crippen LogP contribution in [0, 0.1) is 0 Å². The SMILES string of the molecule is NS(=O)(=O)c1ccc(N2C(=O)c3ccccc3C2=O)c(O)c1. The van der Waals surface area contributed by atoms with Gasteiger partial charge in [-0.15, -0.1) is 0 Å². The van der Waals surface area contributed by atoms with Crippen molar-refractivity contribution in [2.75, 3.05) is 4.90 Å². The summed E-state index contributed by atoms with van der Waals surface area (Å²) in [5, 5.41) is 14.9. The number of carbonyl (C=O) groups is 2. The lowest BCUT2D eigenvalue weighted by Gasteiger charge is -2.15. The normalized spacial score (nSPS) is 14.3. The van der Waals surface area contributed by atoms with Gasteiger partial charge in [0.15, 0.2) is 0 Å². The number of imide groups is 1. The number of fused-ring (bicyclic) bond motifs is 1. The number of nitrogens with zero attached hydrogens (tertiary/aromatic N) is 1. The number of rotatable bonds is 2. The first-order valence-electron chi connectivity index (χ1n) is 6.14. The fourth-order valence-electron chi connectivity index (χ4n) is 2.28. The number of primary sulfonamides is 1. The Bertz CT molecular complexity index is 886. The molecule has 0 saturated heterocycles. The zero-order chi connectivity index (χ0) is 16.1. The number of benzene rings is 2. The van der Waals surface area contributed by atoms with E-state index < -0.39 is 27.6 Å². The van der Waals surface area contributed by atoms with E-state index in [4.69, 9.17) is 5.14 Å². The molecule has 0 bridgehead atoms. The summed E-state index contributed by atoms with van der Waals surface area (Å²) in [6.07, 6.45) is 0. The van der Waals surface area contributed by atoms with E-state index in [0.717, 1.165) is 23.1 Å². The van der Waals surface area contributed by atoms with Crippen molar-refractivity contribution in [3.05, 3.63) is 53.6 Å². The molecule has 0 fully saturated rings. The minimum absolute atomic E-state index is 0.0985. The molecule has 2 aromatic carbocycles. The maximum atomic E-state index is 12.3. The number of anilines is 1. The van der Waals surface area contributed by atoms with Crippen molar-refractivity contribution in [1.29, 1.82) is 0 Å². The van der Waals surface area contributed by atoms with Crippen LogP contribution in [0.3, 0.4) is 0 Å². The van der Waals surface area contributed by atoms with Gasteiger partial charge >= 0.3 is 0 Å². The fraction of sp³-hybridized carbons (Fsp3) is 0. The third-order valence-corrected chi connectivity index (χ3v) is 4.22. The zero-order valence-corrected chi connectivity index (χ0v) is 11.9. The summed E-state index contributed by atoms with van der Waals surface area (Å²) in [7, 11) is -3.99. The maximum Gasteiger partial charge on any atom is 0.266 e. The largest absolute Gasteiger partial charge is 0.506 e. The van der Waals surface area contributed by atoms with E-state index in [2.05, 4.69) is 0 Å². The van der Waals surface area contributed by atoms with Crippen LogP contribution in [-0.4, -0.2) is 25.3 Å². The highest BCUT2D eigenvalue weighted by molar-refractivity contribution is 7.89. The topological polar surface area (TPSA) is 118 Å². The van der Waals surface area contributed by atoms with Gasteiger partial charge in [-0.25, -0.2) is 18.5 Å². The van der Waals surface area contributed by atoms with Crippen molar-refractivity contribution in [1.82, 2.24) is 0 Å². The molecule has 0 unspecified atom stereocenters. The van der Waals surface area contributed by atoms with Gasteiger partial charge in [0, 0.05) is 6.07 Å². The van der Waals surface area contributed by atoms with Crippen LogP contribution in [-0.2, 0) is 10.0 Å². The standard InChI is InChI=1S/C14H10N2O5S/c15-22(20,21)8-5-6-11(12(17)7-8)16-13(18)9-3-1-2-4-10(9)14(16)19/h1-7,17H,(H2,15,20,21). The smallest absolute Gasteiger partial charge is 0.266 e. The third kappa shape index (κ3) is 2.05. The predicted octanol–water partition coefficient (Wildman–Crippen LogP) is 0.840. The minimum Gasteiger partial charge on any atom is -0.506 e. The van der Waals surface area contributed by atoms with Crippen molar-refractivity contribution in [3.8, 4) is 5.75 Å². The second-order valence-corrected chi connectivity index (χ2v) is 6.25. The lowest BCUT2D eigenvalue weighted by atomic mass is 10.1. The van der Waals surface area contributed by atoms with Gasteiger partial charge in [-0.3, -0.25) is 9.59 Å². The molecule has 7 nitrogen and oxygen atoms in total. The van der Waals surface area contributed by atoms with E-state index >= 15 is 0 Å². The monoisotopic (exact) mass is 318 g/mol. The highest BCUT2D eigenvalue weighted by Gasteiger charge is 2.37. The number of phenolic OH excluding ortho intramolecular Hbond substituents is 1. The third-order valence-electron chi connectivity index (χ3n) is 3.31. The van der Waals surface area contributed by atoms with Crippen LogP contribution in [0.5, 0.6) is 5.75 Å². The van der Waals surface area contributed by atoms with Gasteiger partial charge in [-0.2, -0.15) is 0 Å². The van der Waals surface area contributed by atoms with Crippen molar-refractivity contribution >= 4 is 27.5 Å². The molecule has 0 atom stereocenters. The summed E-state index contributed by atoms with van der Waals surface area (Å²) < 4.78 is 22.5. The first kappa shape index (κ1) is 14.2. The van der Waals surface area contributed by atoms with Crippen LogP contribution in [0.2, 0.25) is 0 Å².